The highest BCUT2D eigenvalue weighted by atomic mass is 35.5. The van der Waals surface area contributed by atoms with Gasteiger partial charge in [-0.2, -0.15) is 0 Å². The number of rotatable bonds is 5. The van der Waals surface area contributed by atoms with E-state index in [0.29, 0.717) is 56.7 Å². The van der Waals surface area contributed by atoms with Crippen molar-refractivity contribution in [1.82, 2.24) is 15.1 Å². The lowest BCUT2D eigenvalue weighted by Gasteiger charge is -2.35. The van der Waals surface area contributed by atoms with Crippen molar-refractivity contribution in [2.75, 3.05) is 53.0 Å². The Morgan fingerprint density at radius 2 is 1.92 bits per heavy atom. The van der Waals surface area contributed by atoms with Gasteiger partial charge in [0.2, 0.25) is 0 Å². The Morgan fingerprint density at radius 3 is 2.56 bits per heavy atom. The molecule has 1 heterocycles. The van der Waals surface area contributed by atoms with E-state index in [9.17, 15) is 4.79 Å². The van der Waals surface area contributed by atoms with E-state index in [-0.39, 0.29) is 6.09 Å². The zero-order chi connectivity index (χ0) is 18.1. The van der Waals surface area contributed by atoms with E-state index in [0.717, 1.165) is 5.96 Å². The Hall–Kier alpha value is -2.15. The number of carbonyl (C=O) groups is 1. The minimum absolute atomic E-state index is 0.252. The first-order valence-electron chi connectivity index (χ1n) is 8.40. The van der Waals surface area contributed by atoms with E-state index in [1.54, 1.807) is 18.0 Å². The maximum Gasteiger partial charge on any atom is 0.409 e. The van der Waals surface area contributed by atoms with Gasteiger partial charge in [0.25, 0.3) is 0 Å². The van der Waals surface area contributed by atoms with E-state index in [2.05, 4.69) is 15.2 Å². The molecule has 1 aromatic rings. The number of hydrogen-bond donors (Lipinski definition) is 1. The largest absolute Gasteiger partial charge is 0.490 e. The lowest BCUT2D eigenvalue weighted by molar-refractivity contribution is 0.0914. The third kappa shape index (κ3) is 5.70. The fourth-order valence-corrected chi connectivity index (χ4v) is 2.72. The highest BCUT2D eigenvalue weighted by Gasteiger charge is 2.23. The van der Waals surface area contributed by atoms with Crippen LogP contribution in [0.2, 0.25) is 5.02 Å². The molecule has 0 aromatic heterocycles. The first-order chi connectivity index (χ1) is 12.2. The van der Waals surface area contributed by atoms with Crippen LogP contribution in [0.3, 0.4) is 0 Å². The molecule has 8 heteroatoms. The fraction of sp³-hybridized carbons (Fsp3) is 0.529. The van der Waals surface area contributed by atoms with Crippen molar-refractivity contribution >= 4 is 23.7 Å². The summed E-state index contributed by atoms with van der Waals surface area (Å²) in [7, 11) is 1.75. The summed E-state index contributed by atoms with van der Waals surface area (Å²) in [5.41, 5.74) is 0. The number of aliphatic imine (C=N–C) groups is 1. The Morgan fingerprint density at radius 1 is 1.24 bits per heavy atom. The van der Waals surface area contributed by atoms with Crippen LogP contribution in [0.4, 0.5) is 4.79 Å². The highest BCUT2D eigenvalue weighted by Crippen LogP contribution is 2.22. The number of ether oxygens (including phenoxy) is 2. The first kappa shape index (κ1) is 19.2. The number of carbonyl (C=O) groups excluding carboxylic acids is 1. The Balaban J connectivity index is 1.72. The van der Waals surface area contributed by atoms with Crippen molar-refractivity contribution in [1.29, 1.82) is 0 Å². The maximum atomic E-state index is 11.7. The molecule has 0 atom stereocenters. The smallest absolute Gasteiger partial charge is 0.409 e. The maximum absolute atomic E-state index is 11.7. The molecule has 0 aliphatic carbocycles. The molecule has 0 bridgehead atoms. The first-order valence-corrected chi connectivity index (χ1v) is 8.78. The lowest BCUT2D eigenvalue weighted by Crippen LogP contribution is -2.54. The Labute approximate surface area is 153 Å². The van der Waals surface area contributed by atoms with Gasteiger partial charge >= 0.3 is 6.09 Å². The number of benzene rings is 1. The summed E-state index contributed by atoms with van der Waals surface area (Å²) in [6, 6.07) is 7.39. The molecule has 1 fully saturated rings. The summed E-state index contributed by atoms with van der Waals surface area (Å²) in [5, 5.41) is 3.87. The van der Waals surface area contributed by atoms with Crippen molar-refractivity contribution in [2.24, 2.45) is 4.99 Å². The molecule has 0 unspecified atom stereocenters. The summed E-state index contributed by atoms with van der Waals surface area (Å²) < 4.78 is 10.7. The normalized spacial score (nSPS) is 15.1. The van der Waals surface area contributed by atoms with Gasteiger partial charge in [-0.1, -0.05) is 23.7 Å². The van der Waals surface area contributed by atoms with E-state index < -0.39 is 0 Å². The highest BCUT2D eigenvalue weighted by molar-refractivity contribution is 6.32. The van der Waals surface area contributed by atoms with Crippen LogP contribution >= 0.6 is 11.6 Å². The second kappa shape index (κ2) is 9.98. The van der Waals surface area contributed by atoms with Gasteiger partial charge in [0.15, 0.2) is 5.96 Å². The predicted octanol–water partition coefficient (Wildman–Crippen LogP) is 2.07. The number of para-hydroxylation sites is 1. The SMILES string of the molecule is CCOC(=O)N1CCN(C(=NC)NCCOc2ccccc2Cl)CC1. The van der Waals surface area contributed by atoms with Gasteiger partial charge in [-0.05, 0) is 19.1 Å². The van der Waals surface area contributed by atoms with E-state index in [4.69, 9.17) is 21.1 Å². The molecule has 1 aromatic carbocycles. The van der Waals surface area contributed by atoms with Gasteiger partial charge in [0, 0.05) is 33.2 Å². The number of guanidine groups is 1. The van der Waals surface area contributed by atoms with Crippen LogP contribution in [0.5, 0.6) is 5.75 Å². The average Bonchev–Trinajstić information content (AvgIpc) is 2.63. The summed E-state index contributed by atoms with van der Waals surface area (Å²) in [6.45, 7) is 5.96. The molecule has 138 valence electrons. The molecule has 1 aliphatic rings. The standard InChI is InChI=1S/C17H25ClN4O3/c1-3-24-17(23)22-11-9-21(10-12-22)16(19-2)20-8-13-25-15-7-5-4-6-14(15)18/h4-7H,3,8-13H2,1-2H3,(H,19,20). The molecule has 25 heavy (non-hydrogen) atoms. The molecule has 1 amide bonds. The average molecular weight is 369 g/mol. The molecule has 7 nitrogen and oxygen atoms in total. The summed E-state index contributed by atoms with van der Waals surface area (Å²) in [6.07, 6.45) is -0.252. The van der Waals surface area contributed by atoms with Gasteiger partial charge in [-0.25, -0.2) is 4.79 Å². The van der Waals surface area contributed by atoms with Crippen molar-refractivity contribution in [3.05, 3.63) is 29.3 Å². The molecular formula is C17H25ClN4O3. The topological polar surface area (TPSA) is 66.4 Å². The number of hydrogen-bond acceptors (Lipinski definition) is 4. The van der Waals surface area contributed by atoms with Crippen LogP contribution in [-0.2, 0) is 4.74 Å². The minimum Gasteiger partial charge on any atom is -0.490 e. The van der Waals surface area contributed by atoms with Gasteiger partial charge in [0.1, 0.15) is 12.4 Å². The van der Waals surface area contributed by atoms with Crippen molar-refractivity contribution < 1.29 is 14.3 Å². The number of nitrogens with one attached hydrogen (secondary N) is 1. The molecule has 0 spiro atoms. The van der Waals surface area contributed by atoms with Gasteiger partial charge in [-0.3, -0.25) is 4.99 Å². The molecule has 1 saturated heterocycles. The summed E-state index contributed by atoms with van der Waals surface area (Å²) in [4.78, 5) is 19.9. The van der Waals surface area contributed by atoms with Crippen LogP contribution in [0, 0.1) is 0 Å². The number of nitrogens with zero attached hydrogens (tertiary/aromatic N) is 3. The Kier molecular flexibility index (Phi) is 7.66. The van der Waals surface area contributed by atoms with Crippen molar-refractivity contribution in [3.8, 4) is 5.75 Å². The summed E-state index contributed by atoms with van der Waals surface area (Å²) in [5.74, 6) is 1.47. The van der Waals surface area contributed by atoms with Gasteiger partial charge in [-0.15, -0.1) is 0 Å². The van der Waals surface area contributed by atoms with Crippen molar-refractivity contribution in [3.63, 3.8) is 0 Å². The van der Waals surface area contributed by atoms with Gasteiger partial charge in [0.05, 0.1) is 18.2 Å². The van der Waals surface area contributed by atoms with Crippen LogP contribution in [0.15, 0.2) is 29.3 Å². The van der Waals surface area contributed by atoms with Crippen LogP contribution in [0.25, 0.3) is 0 Å². The lowest BCUT2D eigenvalue weighted by atomic mass is 10.3. The zero-order valence-electron chi connectivity index (χ0n) is 14.7. The van der Waals surface area contributed by atoms with Crippen molar-refractivity contribution in [2.45, 2.75) is 6.92 Å². The predicted molar refractivity (Wildman–Crippen MR) is 98.5 cm³/mol. The molecule has 1 aliphatic heterocycles. The van der Waals surface area contributed by atoms with Gasteiger partial charge < -0.3 is 24.6 Å². The van der Waals surface area contributed by atoms with Crippen LogP contribution < -0.4 is 10.1 Å². The molecule has 1 N–H and O–H groups in total. The number of amides is 1. The third-order valence-corrected chi connectivity index (χ3v) is 4.11. The zero-order valence-corrected chi connectivity index (χ0v) is 15.5. The molecular weight excluding hydrogens is 344 g/mol. The third-order valence-electron chi connectivity index (χ3n) is 3.80. The monoisotopic (exact) mass is 368 g/mol. The second-order valence-corrected chi connectivity index (χ2v) is 5.83. The number of piperazine rings is 1. The number of halogens is 1. The van der Waals surface area contributed by atoms with Crippen LogP contribution in [0.1, 0.15) is 6.92 Å². The van der Waals surface area contributed by atoms with E-state index in [1.807, 2.05) is 25.1 Å². The minimum atomic E-state index is -0.252. The molecule has 0 radical (unpaired) electrons. The van der Waals surface area contributed by atoms with E-state index in [1.165, 1.54) is 0 Å². The van der Waals surface area contributed by atoms with E-state index >= 15 is 0 Å². The summed E-state index contributed by atoms with van der Waals surface area (Å²) >= 11 is 6.06. The molecule has 0 saturated carbocycles. The Bertz CT molecular complexity index is 589. The molecule has 2 rings (SSSR count). The fourth-order valence-electron chi connectivity index (χ4n) is 2.53. The quantitative estimate of drug-likeness (QED) is 0.489. The van der Waals surface area contributed by atoms with Crippen LogP contribution in [-0.4, -0.2) is 74.8 Å². The second-order valence-electron chi connectivity index (χ2n) is 5.43.